The number of likely N-dealkylation sites (tertiary alicyclic amines) is 1. The molecule has 0 saturated carbocycles. The Morgan fingerprint density at radius 2 is 1.93 bits per heavy atom. The number of carbonyl (C=O) groups excluding carboxylic acids is 3. The highest BCUT2D eigenvalue weighted by Gasteiger charge is 2.52. The predicted octanol–water partition coefficient (Wildman–Crippen LogP) is 1.92. The molecule has 0 spiro atoms. The smallest absolute Gasteiger partial charge is 0.319 e. The summed E-state index contributed by atoms with van der Waals surface area (Å²) in [5.74, 6) is -2.65. The van der Waals surface area contributed by atoms with Crippen LogP contribution in [0.25, 0.3) is 0 Å². The van der Waals surface area contributed by atoms with Crippen LogP contribution < -0.4 is 4.74 Å². The van der Waals surface area contributed by atoms with Gasteiger partial charge in [-0.1, -0.05) is 18.2 Å². The monoisotopic (exact) mass is 368 g/mol. The van der Waals surface area contributed by atoms with Crippen molar-refractivity contribution < 1.29 is 23.9 Å². The first-order valence-electron chi connectivity index (χ1n) is 8.61. The number of benzene rings is 1. The van der Waals surface area contributed by atoms with Crippen molar-refractivity contribution in [2.45, 2.75) is 19.5 Å². The maximum atomic E-state index is 12.7. The summed E-state index contributed by atoms with van der Waals surface area (Å²) in [7, 11) is 1.57. The summed E-state index contributed by atoms with van der Waals surface area (Å²) in [6.07, 6.45) is 3.15. The summed E-state index contributed by atoms with van der Waals surface area (Å²) in [4.78, 5) is 43.1. The number of nitrogens with zero attached hydrogens (tertiary/aromatic N) is 2. The number of methoxy groups -OCH3 is 1. The Morgan fingerprint density at radius 1 is 1.19 bits per heavy atom. The van der Waals surface area contributed by atoms with E-state index >= 15 is 0 Å². The van der Waals surface area contributed by atoms with Crippen molar-refractivity contribution in [1.29, 1.82) is 0 Å². The first-order valence-corrected chi connectivity index (χ1v) is 8.61. The van der Waals surface area contributed by atoms with Crippen LogP contribution in [0.3, 0.4) is 0 Å². The second kappa shape index (κ2) is 7.99. The van der Waals surface area contributed by atoms with Crippen LogP contribution in [0.5, 0.6) is 5.75 Å². The Kier molecular flexibility index (Phi) is 5.49. The number of carbonyl (C=O) groups is 3. The lowest BCUT2D eigenvalue weighted by Gasteiger charge is -2.26. The first-order chi connectivity index (χ1) is 13.1. The molecule has 3 rings (SSSR count). The molecule has 140 valence electrons. The van der Waals surface area contributed by atoms with E-state index in [1.165, 1.54) is 4.90 Å². The Hall–Kier alpha value is -3.22. The molecule has 1 amide bonds. The van der Waals surface area contributed by atoms with Gasteiger partial charge in [0.25, 0.3) is 5.91 Å². The number of rotatable bonds is 6. The number of ketones is 1. The number of hydrogen-bond donors (Lipinski definition) is 0. The molecule has 2 aromatic rings. The molecule has 0 aliphatic carbocycles. The Balaban J connectivity index is 1.97. The molecule has 2 heterocycles. The zero-order chi connectivity index (χ0) is 19.4. The van der Waals surface area contributed by atoms with E-state index < -0.39 is 29.6 Å². The van der Waals surface area contributed by atoms with Gasteiger partial charge in [0, 0.05) is 18.9 Å². The minimum Gasteiger partial charge on any atom is -0.497 e. The third-order valence-corrected chi connectivity index (χ3v) is 4.48. The SMILES string of the molecule is CCOC(=O)C1C(=O)C(=O)N(Cc2ccc(OC)cc2)C1c1cccnc1. The van der Waals surface area contributed by atoms with E-state index in [4.69, 9.17) is 9.47 Å². The van der Waals surface area contributed by atoms with Crippen molar-refractivity contribution in [2.24, 2.45) is 5.92 Å². The zero-order valence-electron chi connectivity index (χ0n) is 15.1. The van der Waals surface area contributed by atoms with Gasteiger partial charge in [0.15, 0.2) is 0 Å². The van der Waals surface area contributed by atoms with E-state index in [1.54, 1.807) is 50.7 Å². The van der Waals surface area contributed by atoms with Crippen LogP contribution >= 0.6 is 0 Å². The Labute approximate surface area is 156 Å². The van der Waals surface area contributed by atoms with E-state index in [1.807, 2.05) is 12.1 Å². The zero-order valence-corrected chi connectivity index (χ0v) is 15.1. The summed E-state index contributed by atoms with van der Waals surface area (Å²) in [5.41, 5.74) is 1.43. The Morgan fingerprint density at radius 3 is 2.52 bits per heavy atom. The molecule has 1 aliphatic heterocycles. The van der Waals surface area contributed by atoms with Gasteiger partial charge in [-0.25, -0.2) is 0 Å². The summed E-state index contributed by atoms with van der Waals surface area (Å²) in [6.45, 7) is 1.98. The number of hydrogen-bond acceptors (Lipinski definition) is 6. The van der Waals surface area contributed by atoms with Gasteiger partial charge in [-0.05, 0) is 36.2 Å². The molecule has 27 heavy (non-hydrogen) atoms. The fraction of sp³-hybridized carbons (Fsp3) is 0.300. The maximum Gasteiger partial charge on any atom is 0.319 e. The fourth-order valence-electron chi connectivity index (χ4n) is 3.21. The lowest BCUT2D eigenvalue weighted by Crippen LogP contribution is -2.31. The highest BCUT2D eigenvalue weighted by atomic mass is 16.5. The molecule has 1 saturated heterocycles. The van der Waals surface area contributed by atoms with E-state index in [2.05, 4.69) is 4.98 Å². The van der Waals surface area contributed by atoms with Gasteiger partial charge in [0.1, 0.15) is 11.7 Å². The molecule has 7 heteroatoms. The fourth-order valence-corrected chi connectivity index (χ4v) is 3.21. The van der Waals surface area contributed by atoms with E-state index in [9.17, 15) is 14.4 Å². The molecule has 0 N–H and O–H groups in total. The largest absolute Gasteiger partial charge is 0.497 e. The molecular weight excluding hydrogens is 348 g/mol. The second-order valence-corrected chi connectivity index (χ2v) is 6.11. The van der Waals surface area contributed by atoms with Crippen molar-refractivity contribution in [3.05, 3.63) is 59.9 Å². The predicted molar refractivity (Wildman–Crippen MR) is 95.7 cm³/mol. The maximum absolute atomic E-state index is 12.7. The van der Waals surface area contributed by atoms with Gasteiger partial charge in [-0.3, -0.25) is 19.4 Å². The number of amides is 1. The van der Waals surface area contributed by atoms with Crippen molar-refractivity contribution in [3.63, 3.8) is 0 Å². The highest BCUT2D eigenvalue weighted by Crippen LogP contribution is 2.37. The lowest BCUT2D eigenvalue weighted by molar-refractivity contribution is -0.152. The van der Waals surface area contributed by atoms with Crippen molar-refractivity contribution in [1.82, 2.24) is 9.88 Å². The van der Waals surface area contributed by atoms with Crippen LogP contribution in [-0.2, 0) is 25.7 Å². The van der Waals surface area contributed by atoms with Gasteiger partial charge in [0.2, 0.25) is 5.78 Å². The number of ether oxygens (including phenoxy) is 2. The average molecular weight is 368 g/mol. The molecule has 1 aromatic heterocycles. The van der Waals surface area contributed by atoms with Crippen LogP contribution in [0, 0.1) is 5.92 Å². The van der Waals surface area contributed by atoms with Crippen molar-refractivity contribution >= 4 is 17.7 Å². The second-order valence-electron chi connectivity index (χ2n) is 6.11. The van der Waals surface area contributed by atoms with E-state index in [0.717, 1.165) is 5.56 Å². The third kappa shape index (κ3) is 3.67. The number of Topliss-reactive ketones (excluding diaryl/α,β-unsaturated/α-hetero) is 1. The topological polar surface area (TPSA) is 85.8 Å². The number of pyridine rings is 1. The van der Waals surface area contributed by atoms with Gasteiger partial charge in [0.05, 0.1) is 19.8 Å². The standard InChI is InChI=1S/C20H20N2O5/c1-3-27-20(25)16-17(14-5-4-10-21-11-14)22(19(24)18(16)23)12-13-6-8-15(26-2)9-7-13/h4-11,16-17H,3,12H2,1-2H3. The van der Waals surface area contributed by atoms with Gasteiger partial charge >= 0.3 is 5.97 Å². The summed E-state index contributed by atoms with van der Waals surface area (Å²) in [5, 5.41) is 0. The van der Waals surface area contributed by atoms with E-state index in [0.29, 0.717) is 11.3 Å². The van der Waals surface area contributed by atoms with Gasteiger partial charge in [-0.15, -0.1) is 0 Å². The molecule has 0 bridgehead atoms. The van der Waals surface area contributed by atoms with E-state index in [-0.39, 0.29) is 13.2 Å². The number of aromatic nitrogens is 1. The molecule has 1 fully saturated rings. The van der Waals surface area contributed by atoms with Crippen molar-refractivity contribution in [2.75, 3.05) is 13.7 Å². The van der Waals surface area contributed by atoms with Gasteiger partial charge in [-0.2, -0.15) is 0 Å². The highest BCUT2D eigenvalue weighted by molar-refractivity contribution is 6.42. The molecule has 0 radical (unpaired) electrons. The van der Waals surface area contributed by atoms with Crippen LogP contribution in [0.1, 0.15) is 24.1 Å². The summed E-state index contributed by atoms with van der Waals surface area (Å²) in [6, 6.07) is 9.88. The number of esters is 1. The first kappa shape index (κ1) is 18.6. The van der Waals surface area contributed by atoms with Crippen LogP contribution in [0.15, 0.2) is 48.8 Å². The summed E-state index contributed by atoms with van der Waals surface area (Å²) >= 11 is 0. The molecule has 7 nitrogen and oxygen atoms in total. The lowest BCUT2D eigenvalue weighted by atomic mass is 9.94. The molecule has 2 unspecified atom stereocenters. The molecule has 1 aromatic carbocycles. The molecule has 2 atom stereocenters. The normalized spacial score (nSPS) is 19.3. The van der Waals surface area contributed by atoms with Crippen LogP contribution in [0.2, 0.25) is 0 Å². The molecular formula is C20H20N2O5. The average Bonchev–Trinajstić information content (AvgIpc) is 2.94. The van der Waals surface area contributed by atoms with Crippen LogP contribution in [0.4, 0.5) is 0 Å². The molecule has 1 aliphatic rings. The third-order valence-electron chi connectivity index (χ3n) is 4.48. The quantitative estimate of drug-likeness (QED) is 0.440. The minimum atomic E-state index is -1.19. The van der Waals surface area contributed by atoms with Gasteiger partial charge < -0.3 is 14.4 Å². The van der Waals surface area contributed by atoms with Crippen molar-refractivity contribution in [3.8, 4) is 5.75 Å². The summed E-state index contributed by atoms with van der Waals surface area (Å²) < 4.78 is 10.2. The minimum absolute atomic E-state index is 0.134. The van der Waals surface area contributed by atoms with Crippen LogP contribution in [-0.4, -0.2) is 41.3 Å². The Bertz CT molecular complexity index is 835.